The van der Waals surface area contributed by atoms with E-state index in [2.05, 4.69) is 0 Å². The molecular formula is C10H11ClF3NO. The Labute approximate surface area is 95.8 Å². The van der Waals surface area contributed by atoms with Crippen LogP contribution in [0, 0.1) is 0 Å². The van der Waals surface area contributed by atoms with Crippen molar-refractivity contribution in [3.8, 4) is 0 Å². The average Bonchev–Trinajstić information content (AvgIpc) is 2.17. The zero-order chi connectivity index (χ0) is 12.3. The van der Waals surface area contributed by atoms with Crippen molar-refractivity contribution in [3.63, 3.8) is 0 Å². The second-order valence-corrected chi connectivity index (χ2v) is 3.82. The van der Waals surface area contributed by atoms with Crippen molar-refractivity contribution >= 4 is 11.6 Å². The van der Waals surface area contributed by atoms with Crippen molar-refractivity contribution in [1.82, 2.24) is 0 Å². The van der Waals surface area contributed by atoms with Gasteiger partial charge < -0.3 is 10.8 Å². The first-order valence-electron chi connectivity index (χ1n) is 4.56. The van der Waals surface area contributed by atoms with Crippen LogP contribution in [0.15, 0.2) is 24.3 Å². The number of aliphatic hydroxyl groups is 1. The number of hydrogen-bond acceptors (Lipinski definition) is 2. The highest BCUT2D eigenvalue weighted by molar-refractivity contribution is 6.30. The van der Waals surface area contributed by atoms with E-state index in [0.29, 0.717) is 5.02 Å². The molecule has 90 valence electrons. The third-order valence-electron chi connectivity index (χ3n) is 2.25. The Hall–Kier alpha value is -0.780. The van der Waals surface area contributed by atoms with Gasteiger partial charge in [0.1, 0.15) is 0 Å². The first-order chi connectivity index (χ1) is 7.36. The third-order valence-corrected chi connectivity index (χ3v) is 2.48. The summed E-state index contributed by atoms with van der Waals surface area (Å²) in [5.74, 6) is -1.20. The summed E-state index contributed by atoms with van der Waals surface area (Å²) >= 11 is 5.66. The highest BCUT2D eigenvalue weighted by Gasteiger charge is 2.43. The third kappa shape index (κ3) is 3.10. The Morgan fingerprint density at radius 3 is 2.44 bits per heavy atom. The van der Waals surface area contributed by atoms with E-state index in [0.717, 1.165) is 0 Å². The topological polar surface area (TPSA) is 46.2 Å². The largest absolute Gasteiger partial charge is 0.414 e. The minimum atomic E-state index is -4.69. The minimum absolute atomic E-state index is 0.278. The van der Waals surface area contributed by atoms with Crippen molar-refractivity contribution in [2.24, 2.45) is 5.73 Å². The summed E-state index contributed by atoms with van der Waals surface area (Å²) in [7, 11) is 0. The lowest BCUT2D eigenvalue weighted by atomic mass is 9.93. The molecule has 16 heavy (non-hydrogen) atoms. The molecule has 2 nitrogen and oxygen atoms in total. The van der Waals surface area contributed by atoms with Gasteiger partial charge in [0.05, 0.1) is 0 Å². The van der Waals surface area contributed by atoms with Crippen LogP contribution in [0.5, 0.6) is 0 Å². The molecule has 0 amide bonds. The van der Waals surface area contributed by atoms with Gasteiger partial charge in [-0.15, -0.1) is 0 Å². The lowest BCUT2D eigenvalue weighted by Crippen LogP contribution is -2.38. The summed E-state index contributed by atoms with van der Waals surface area (Å²) in [4.78, 5) is 0. The molecule has 0 radical (unpaired) electrons. The normalized spacial score (nSPS) is 15.9. The summed E-state index contributed by atoms with van der Waals surface area (Å²) in [5, 5.41) is 9.45. The van der Waals surface area contributed by atoms with Crippen molar-refractivity contribution in [2.45, 2.75) is 18.2 Å². The second kappa shape index (κ2) is 5.03. The standard InChI is InChI=1S/C10H11ClF3NO/c11-7-3-1-2-6(4-7)8(5-15)9(16)10(12,13)14/h1-4,8-9,16H,5,15H2. The number of rotatable bonds is 3. The van der Waals surface area contributed by atoms with Crippen LogP contribution in [-0.2, 0) is 0 Å². The van der Waals surface area contributed by atoms with Gasteiger partial charge in [0.2, 0.25) is 0 Å². The fraction of sp³-hybridized carbons (Fsp3) is 0.400. The molecule has 0 fully saturated rings. The first kappa shape index (κ1) is 13.3. The maximum Gasteiger partial charge on any atom is 0.414 e. The van der Waals surface area contributed by atoms with E-state index in [1.807, 2.05) is 0 Å². The number of alkyl halides is 3. The fourth-order valence-corrected chi connectivity index (χ4v) is 1.61. The molecule has 0 saturated heterocycles. The van der Waals surface area contributed by atoms with Crippen LogP contribution in [0.25, 0.3) is 0 Å². The van der Waals surface area contributed by atoms with E-state index in [1.54, 1.807) is 6.07 Å². The van der Waals surface area contributed by atoms with Gasteiger partial charge >= 0.3 is 6.18 Å². The maximum atomic E-state index is 12.3. The van der Waals surface area contributed by atoms with Crippen LogP contribution in [0.3, 0.4) is 0 Å². The van der Waals surface area contributed by atoms with Crippen LogP contribution in [0.1, 0.15) is 11.5 Å². The summed E-state index contributed by atoms with van der Waals surface area (Å²) in [6.07, 6.45) is -7.16. The van der Waals surface area contributed by atoms with E-state index in [1.165, 1.54) is 18.2 Å². The first-order valence-corrected chi connectivity index (χ1v) is 4.94. The van der Waals surface area contributed by atoms with Gasteiger partial charge in [0.15, 0.2) is 6.10 Å². The van der Waals surface area contributed by atoms with Crippen molar-refractivity contribution in [2.75, 3.05) is 6.54 Å². The lowest BCUT2D eigenvalue weighted by Gasteiger charge is -2.24. The van der Waals surface area contributed by atoms with Gasteiger partial charge in [-0.1, -0.05) is 23.7 Å². The monoisotopic (exact) mass is 253 g/mol. The van der Waals surface area contributed by atoms with Crippen molar-refractivity contribution in [1.29, 1.82) is 0 Å². The molecule has 2 unspecified atom stereocenters. The summed E-state index contributed by atoms with van der Waals surface area (Å²) in [5.41, 5.74) is 5.53. The Morgan fingerprint density at radius 2 is 2.00 bits per heavy atom. The zero-order valence-corrected chi connectivity index (χ0v) is 8.96. The molecule has 3 N–H and O–H groups in total. The molecule has 2 atom stereocenters. The Balaban J connectivity index is 2.99. The van der Waals surface area contributed by atoms with Crippen LogP contribution in [-0.4, -0.2) is 23.9 Å². The predicted octanol–water partition coefficient (Wildman–Crippen LogP) is 2.31. The summed E-state index contributed by atoms with van der Waals surface area (Å²) < 4.78 is 37.0. The quantitative estimate of drug-likeness (QED) is 0.868. The van der Waals surface area contributed by atoms with Crippen molar-refractivity contribution < 1.29 is 18.3 Å². The Kier molecular flexibility index (Phi) is 4.18. The van der Waals surface area contributed by atoms with Crippen LogP contribution < -0.4 is 5.73 Å². The molecule has 0 aliphatic heterocycles. The molecule has 1 aromatic carbocycles. The molecule has 0 saturated carbocycles. The van der Waals surface area contributed by atoms with Gasteiger partial charge in [-0.2, -0.15) is 13.2 Å². The van der Waals surface area contributed by atoms with E-state index in [9.17, 15) is 13.2 Å². The van der Waals surface area contributed by atoms with E-state index < -0.39 is 18.2 Å². The van der Waals surface area contributed by atoms with Crippen LogP contribution in [0.4, 0.5) is 13.2 Å². The Morgan fingerprint density at radius 1 is 1.38 bits per heavy atom. The molecule has 0 aliphatic carbocycles. The molecule has 0 spiro atoms. The molecule has 0 aromatic heterocycles. The number of benzene rings is 1. The maximum absolute atomic E-state index is 12.3. The smallest absolute Gasteiger partial charge is 0.383 e. The number of halogens is 4. The molecule has 1 rings (SSSR count). The lowest BCUT2D eigenvalue weighted by molar-refractivity contribution is -0.209. The highest BCUT2D eigenvalue weighted by atomic mass is 35.5. The van der Waals surface area contributed by atoms with Crippen LogP contribution >= 0.6 is 11.6 Å². The van der Waals surface area contributed by atoms with Gasteiger partial charge in [-0.25, -0.2) is 0 Å². The summed E-state index contributed by atoms with van der Waals surface area (Å²) in [6, 6.07) is 5.88. The van der Waals surface area contributed by atoms with E-state index in [-0.39, 0.29) is 12.1 Å². The van der Waals surface area contributed by atoms with Gasteiger partial charge in [0, 0.05) is 17.5 Å². The molecule has 0 aliphatic rings. The highest BCUT2D eigenvalue weighted by Crippen LogP contribution is 2.31. The molecule has 0 bridgehead atoms. The molecule has 6 heteroatoms. The van der Waals surface area contributed by atoms with Gasteiger partial charge in [-0.3, -0.25) is 0 Å². The second-order valence-electron chi connectivity index (χ2n) is 3.38. The molecule has 0 heterocycles. The minimum Gasteiger partial charge on any atom is -0.383 e. The molecular weight excluding hydrogens is 243 g/mol. The van der Waals surface area contributed by atoms with Crippen molar-refractivity contribution in [3.05, 3.63) is 34.9 Å². The fourth-order valence-electron chi connectivity index (χ4n) is 1.41. The predicted molar refractivity (Wildman–Crippen MR) is 55.3 cm³/mol. The zero-order valence-electron chi connectivity index (χ0n) is 8.21. The van der Waals surface area contributed by atoms with Gasteiger partial charge in [-0.05, 0) is 17.7 Å². The average molecular weight is 254 g/mol. The van der Waals surface area contributed by atoms with Crippen LogP contribution in [0.2, 0.25) is 5.02 Å². The van der Waals surface area contributed by atoms with E-state index in [4.69, 9.17) is 22.4 Å². The molecule has 1 aromatic rings. The SMILES string of the molecule is NCC(c1cccc(Cl)c1)C(O)C(F)(F)F. The Bertz CT molecular complexity index is 356. The summed E-state index contributed by atoms with van der Waals surface area (Å²) in [6.45, 7) is -0.305. The number of aliphatic hydroxyl groups excluding tert-OH is 1. The number of nitrogens with two attached hydrogens (primary N) is 1. The van der Waals surface area contributed by atoms with E-state index >= 15 is 0 Å². The van der Waals surface area contributed by atoms with Gasteiger partial charge in [0.25, 0.3) is 0 Å². The number of hydrogen-bond donors (Lipinski definition) is 2.